The van der Waals surface area contributed by atoms with Gasteiger partial charge < -0.3 is 10.4 Å². The Morgan fingerprint density at radius 3 is 2.90 bits per heavy atom. The van der Waals surface area contributed by atoms with Crippen LogP contribution in [-0.4, -0.2) is 28.5 Å². The highest BCUT2D eigenvalue weighted by molar-refractivity contribution is 7.13. The highest BCUT2D eigenvalue weighted by Gasteiger charge is 2.30. The zero-order valence-corrected chi connectivity index (χ0v) is 13.1. The molecule has 1 saturated carbocycles. The molecule has 2 aromatic heterocycles. The molecular formula is C16H23N3OS. The second kappa shape index (κ2) is 6.73. The van der Waals surface area contributed by atoms with Crippen LogP contribution in [0.4, 0.5) is 0 Å². The zero-order chi connectivity index (χ0) is 14.5. The number of aromatic nitrogens is 2. The molecule has 0 radical (unpaired) electrons. The summed E-state index contributed by atoms with van der Waals surface area (Å²) in [5, 5.41) is 22.6. The molecule has 3 rings (SSSR count). The fraction of sp³-hybridized carbons (Fsp3) is 0.562. The first-order valence-electron chi connectivity index (χ1n) is 7.71. The minimum Gasteiger partial charge on any atom is -0.396 e. The Morgan fingerprint density at radius 1 is 1.33 bits per heavy atom. The number of aromatic amines is 1. The van der Waals surface area contributed by atoms with Crippen molar-refractivity contribution >= 4 is 11.3 Å². The molecule has 0 spiro atoms. The quantitative estimate of drug-likeness (QED) is 0.768. The number of aliphatic hydroxyl groups excluding tert-OH is 1. The van der Waals surface area contributed by atoms with Crippen LogP contribution in [0.3, 0.4) is 0 Å². The van der Waals surface area contributed by atoms with E-state index in [-0.39, 0.29) is 5.41 Å². The van der Waals surface area contributed by atoms with Crippen molar-refractivity contribution in [2.24, 2.45) is 5.41 Å². The van der Waals surface area contributed by atoms with Gasteiger partial charge in [0.1, 0.15) is 0 Å². The summed E-state index contributed by atoms with van der Waals surface area (Å²) in [6, 6.07) is 4.17. The molecule has 2 aromatic rings. The Labute approximate surface area is 129 Å². The Bertz CT molecular complexity index is 544. The third-order valence-electron chi connectivity index (χ3n) is 4.55. The van der Waals surface area contributed by atoms with Gasteiger partial charge in [-0.05, 0) is 24.3 Å². The fourth-order valence-corrected chi connectivity index (χ4v) is 3.99. The third-order valence-corrected chi connectivity index (χ3v) is 5.44. The Morgan fingerprint density at radius 2 is 2.19 bits per heavy atom. The smallest absolute Gasteiger partial charge is 0.0794 e. The Hall–Kier alpha value is -1.17. The summed E-state index contributed by atoms with van der Waals surface area (Å²) in [4.78, 5) is 1.22. The van der Waals surface area contributed by atoms with E-state index in [1.807, 2.05) is 6.20 Å². The minimum atomic E-state index is 0.0884. The van der Waals surface area contributed by atoms with Gasteiger partial charge in [0.15, 0.2) is 0 Å². The number of aliphatic hydroxyl groups is 1. The second-order valence-corrected chi connectivity index (χ2v) is 7.02. The van der Waals surface area contributed by atoms with Gasteiger partial charge >= 0.3 is 0 Å². The monoisotopic (exact) mass is 305 g/mol. The van der Waals surface area contributed by atoms with Gasteiger partial charge in [-0.3, -0.25) is 5.10 Å². The van der Waals surface area contributed by atoms with Crippen LogP contribution in [0, 0.1) is 5.41 Å². The van der Waals surface area contributed by atoms with Crippen molar-refractivity contribution in [3.05, 3.63) is 29.3 Å². The summed E-state index contributed by atoms with van der Waals surface area (Å²) in [6.07, 6.45) is 7.97. The highest BCUT2D eigenvalue weighted by Crippen LogP contribution is 2.35. The van der Waals surface area contributed by atoms with Crippen LogP contribution in [0.1, 0.15) is 37.7 Å². The van der Waals surface area contributed by atoms with Gasteiger partial charge in [0.05, 0.1) is 16.8 Å². The molecule has 5 heteroatoms. The zero-order valence-electron chi connectivity index (χ0n) is 12.3. The highest BCUT2D eigenvalue weighted by atomic mass is 32.1. The van der Waals surface area contributed by atoms with Crippen molar-refractivity contribution < 1.29 is 5.11 Å². The first-order valence-corrected chi connectivity index (χ1v) is 8.59. The van der Waals surface area contributed by atoms with Crippen LogP contribution in [0.15, 0.2) is 23.7 Å². The van der Waals surface area contributed by atoms with E-state index in [2.05, 4.69) is 33.0 Å². The second-order valence-electron chi connectivity index (χ2n) is 6.07. The van der Waals surface area contributed by atoms with Gasteiger partial charge in [-0.1, -0.05) is 25.3 Å². The molecule has 0 aliphatic heterocycles. The van der Waals surface area contributed by atoms with Crippen LogP contribution in [0.5, 0.6) is 0 Å². The van der Waals surface area contributed by atoms with Crippen molar-refractivity contribution in [1.82, 2.24) is 15.5 Å². The maximum Gasteiger partial charge on any atom is 0.0794 e. The van der Waals surface area contributed by atoms with E-state index in [0.717, 1.165) is 31.6 Å². The lowest BCUT2D eigenvalue weighted by Crippen LogP contribution is -2.38. The molecule has 0 atom stereocenters. The number of rotatable bonds is 6. The molecule has 0 unspecified atom stereocenters. The molecule has 1 fully saturated rings. The minimum absolute atomic E-state index is 0.0884. The van der Waals surface area contributed by atoms with Crippen LogP contribution in [0.25, 0.3) is 10.6 Å². The Kier molecular flexibility index (Phi) is 4.73. The maximum atomic E-state index is 9.75. The van der Waals surface area contributed by atoms with Crippen molar-refractivity contribution in [1.29, 1.82) is 0 Å². The van der Waals surface area contributed by atoms with Crippen LogP contribution in [-0.2, 0) is 6.54 Å². The van der Waals surface area contributed by atoms with Crippen LogP contribution in [0.2, 0.25) is 0 Å². The molecule has 1 aliphatic rings. The first kappa shape index (κ1) is 14.8. The van der Waals surface area contributed by atoms with E-state index in [4.69, 9.17) is 0 Å². The van der Waals surface area contributed by atoms with E-state index in [1.165, 1.54) is 29.7 Å². The molecule has 2 heterocycles. The molecule has 0 saturated heterocycles. The average molecular weight is 305 g/mol. The first-order chi connectivity index (χ1) is 10.3. The van der Waals surface area contributed by atoms with E-state index < -0.39 is 0 Å². The molecule has 4 nitrogen and oxygen atoms in total. The molecule has 21 heavy (non-hydrogen) atoms. The molecule has 0 bridgehead atoms. The maximum absolute atomic E-state index is 9.75. The largest absolute Gasteiger partial charge is 0.396 e. The van der Waals surface area contributed by atoms with E-state index >= 15 is 0 Å². The number of thiophene rings is 1. The van der Waals surface area contributed by atoms with Crippen LogP contribution >= 0.6 is 11.3 Å². The predicted molar refractivity (Wildman–Crippen MR) is 86.2 cm³/mol. The average Bonchev–Trinajstić information content (AvgIpc) is 3.19. The van der Waals surface area contributed by atoms with Gasteiger partial charge in [0.25, 0.3) is 0 Å². The topological polar surface area (TPSA) is 60.9 Å². The summed E-state index contributed by atoms with van der Waals surface area (Å²) < 4.78 is 0. The molecule has 0 amide bonds. The molecule has 3 N–H and O–H groups in total. The van der Waals surface area contributed by atoms with Crippen molar-refractivity contribution in [3.63, 3.8) is 0 Å². The summed E-state index contributed by atoms with van der Waals surface area (Å²) in [5.74, 6) is 0. The predicted octanol–water partition coefficient (Wildman–Crippen LogP) is 3.17. The van der Waals surface area contributed by atoms with Crippen molar-refractivity contribution in [2.45, 2.75) is 38.6 Å². The summed E-state index contributed by atoms with van der Waals surface area (Å²) in [7, 11) is 0. The number of nitrogens with one attached hydrogen (secondary N) is 2. The van der Waals surface area contributed by atoms with E-state index in [9.17, 15) is 5.11 Å². The van der Waals surface area contributed by atoms with Crippen molar-refractivity contribution in [3.8, 4) is 10.6 Å². The number of hydrogen-bond acceptors (Lipinski definition) is 4. The van der Waals surface area contributed by atoms with Gasteiger partial charge in [0.2, 0.25) is 0 Å². The number of nitrogens with zero attached hydrogens (tertiary/aromatic N) is 1. The number of hydrogen-bond donors (Lipinski definition) is 3. The molecule has 1 aliphatic carbocycles. The summed E-state index contributed by atoms with van der Waals surface area (Å²) in [5.41, 5.74) is 2.39. The SMILES string of the molecule is OCC1(CNCc2cn[nH]c2-c2cccs2)CCCCC1. The number of H-pyrrole nitrogens is 1. The van der Waals surface area contributed by atoms with Gasteiger partial charge in [-0.2, -0.15) is 5.10 Å². The van der Waals surface area contributed by atoms with Gasteiger partial charge in [0, 0.05) is 30.7 Å². The normalized spacial score (nSPS) is 18.0. The Balaban J connectivity index is 1.59. The van der Waals surface area contributed by atoms with E-state index in [0.29, 0.717) is 6.61 Å². The molecule has 0 aromatic carbocycles. The fourth-order valence-electron chi connectivity index (χ4n) is 3.23. The lowest BCUT2D eigenvalue weighted by atomic mass is 9.74. The third kappa shape index (κ3) is 3.36. The standard InChI is InChI=1S/C16H23N3OS/c20-12-16(6-2-1-3-7-16)11-17-9-13-10-18-19-15(13)14-5-4-8-21-14/h4-5,8,10,17,20H,1-3,6-7,9,11-12H2,(H,18,19). The molecule has 114 valence electrons. The lowest BCUT2D eigenvalue weighted by molar-refractivity contribution is 0.0811. The summed E-state index contributed by atoms with van der Waals surface area (Å²) in [6.45, 7) is 1.98. The molecular weight excluding hydrogens is 282 g/mol. The lowest BCUT2D eigenvalue weighted by Gasteiger charge is -2.35. The van der Waals surface area contributed by atoms with Gasteiger partial charge in [-0.25, -0.2) is 0 Å². The van der Waals surface area contributed by atoms with Crippen LogP contribution < -0.4 is 5.32 Å². The van der Waals surface area contributed by atoms with Crippen molar-refractivity contribution in [2.75, 3.05) is 13.2 Å². The van der Waals surface area contributed by atoms with E-state index in [1.54, 1.807) is 11.3 Å². The summed E-state index contributed by atoms with van der Waals surface area (Å²) >= 11 is 1.72. The van der Waals surface area contributed by atoms with Gasteiger partial charge in [-0.15, -0.1) is 11.3 Å².